The maximum absolute atomic E-state index is 13.7. The third-order valence-electron chi connectivity index (χ3n) is 5.57. The van der Waals surface area contributed by atoms with E-state index in [4.69, 9.17) is 23.2 Å². The number of amides is 1. The van der Waals surface area contributed by atoms with Crippen molar-refractivity contribution in [2.75, 3.05) is 6.54 Å². The van der Waals surface area contributed by atoms with Crippen LogP contribution in [-0.2, 0) is 21.4 Å². The summed E-state index contributed by atoms with van der Waals surface area (Å²) < 4.78 is 28.7. The van der Waals surface area contributed by atoms with Crippen molar-refractivity contribution in [1.29, 1.82) is 0 Å². The van der Waals surface area contributed by atoms with Crippen molar-refractivity contribution < 1.29 is 17.2 Å². The zero-order valence-electron chi connectivity index (χ0n) is 16.6. The van der Waals surface area contributed by atoms with Crippen LogP contribution in [-0.4, -0.2) is 51.5 Å². The molecule has 2 unspecified atom stereocenters. The van der Waals surface area contributed by atoms with Crippen molar-refractivity contribution in [1.82, 2.24) is 14.9 Å². The van der Waals surface area contributed by atoms with Crippen LogP contribution < -0.4 is 0 Å². The van der Waals surface area contributed by atoms with Gasteiger partial charge in [-0.3, -0.25) is 14.8 Å². The van der Waals surface area contributed by atoms with Gasteiger partial charge in [-0.25, -0.2) is 0 Å². The van der Waals surface area contributed by atoms with E-state index in [-0.39, 0.29) is 33.3 Å². The summed E-state index contributed by atoms with van der Waals surface area (Å²) >= 11 is 12.1. The number of aromatic nitrogens is 2. The summed E-state index contributed by atoms with van der Waals surface area (Å²) in [5.74, 6) is -0.570. The number of carbonyl (C=O) groups excluding carboxylic acids is 1. The molecule has 10 heteroatoms. The van der Waals surface area contributed by atoms with E-state index in [1.54, 1.807) is 29.6 Å². The monoisotopic (exact) mass is 479 g/mol. The van der Waals surface area contributed by atoms with Crippen molar-refractivity contribution in [3.05, 3.63) is 65.2 Å². The van der Waals surface area contributed by atoms with Gasteiger partial charge in [0.25, 0.3) is 5.91 Å². The number of nitrogens with zero attached hydrogens (tertiary/aromatic N) is 4. The maximum atomic E-state index is 13.7. The van der Waals surface area contributed by atoms with E-state index >= 15 is 0 Å². The van der Waals surface area contributed by atoms with Crippen LogP contribution in [0.3, 0.4) is 0 Å². The van der Waals surface area contributed by atoms with Gasteiger partial charge in [-0.1, -0.05) is 29.3 Å². The van der Waals surface area contributed by atoms with E-state index in [1.165, 1.54) is 22.2 Å². The van der Waals surface area contributed by atoms with E-state index in [1.807, 2.05) is 0 Å². The molecule has 4 rings (SSSR count). The minimum atomic E-state index is -4.06. The third-order valence-corrected chi connectivity index (χ3v) is 7.84. The lowest BCUT2D eigenvalue weighted by Gasteiger charge is -2.23. The van der Waals surface area contributed by atoms with Gasteiger partial charge in [0.05, 0.1) is 24.4 Å². The first-order valence-corrected chi connectivity index (χ1v) is 12.0. The Hall–Kier alpha value is -2.29. The normalized spacial score (nSPS) is 21.7. The van der Waals surface area contributed by atoms with Gasteiger partial charge in [-0.15, -0.1) is 10.6 Å². The molecule has 0 saturated heterocycles. The molecule has 0 radical (unpaired) electrons. The lowest BCUT2D eigenvalue weighted by atomic mass is 9.95. The molecule has 0 saturated carbocycles. The van der Waals surface area contributed by atoms with E-state index in [9.17, 15) is 13.2 Å². The fourth-order valence-electron chi connectivity index (χ4n) is 4.19. The molecule has 0 aliphatic carbocycles. The predicted molar refractivity (Wildman–Crippen MR) is 118 cm³/mol. The molecule has 2 bridgehead atoms. The molecule has 0 fully saturated rings. The summed E-state index contributed by atoms with van der Waals surface area (Å²) in [5, 5.41) is 0.430. The highest BCUT2D eigenvalue weighted by Crippen LogP contribution is 2.31. The first-order chi connectivity index (χ1) is 14.8. The first kappa shape index (κ1) is 21.9. The predicted octanol–water partition coefficient (Wildman–Crippen LogP) is 3.32. The second-order valence-corrected chi connectivity index (χ2v) is 10.3. The van der Waals surface area contributed by atoms with E-state index in [0.717, 1.165) is 6.42 Å². The molecular formula is C21H21Cl2N4O3S+. The van der Waals surface area contributed by atoms with Crippen LogP contribution in [0.25, 0.3) is 0 Å². The number of carbonyl (C=O) groups is 1. The molecule has 2 aromatic rings. The van der Waals surface area contributed by atoms with Crippen molar-refractivity contribution in [2.45, 2.75) is 36.7 Å². The molecule has 2 aliphatic rings. The number of rotatable bonds is 5. The smallest absolute Gasteiger partial charge is 0.330 e. The molecule has 2 atom stereocenters. The zero-order chi connectivity index (χ0) is 22.2. The van der Waals surface area contributed by atoms with Crippen LogP contribution in [0.15, 0.2) is 54.3 Å². The molecule has 0 N–H and O–H groups in total. The van der Waals surface area contributed by atoms with E-state index in [0.29, 0.717) is 30.8 Å². The van der Waals surface area contributed by atoms with Gasteiger partial charge in [0, 0.05) is 41.8 Å². The van der Waals surface area contributed by atoms with Gasteiger partial charge in [-0.05, 0) is 24.6 Å². The van der Waals surface area contributed by atoms with Crippen molar-refractivity contribution in [2.24, 2.45) is 5.92 Å². The number of halogens is 2. The number of hydrogen-bond acceptors (Lipinski definition) is 5. The molecule has 3 heterocycles. The number of fused-ring (bicyclic) bond motifs is 1. The van der Waals surface area contributed by atoms with Gasteiger partial charge in [0.1, 0.15) is 4.90 Å². The summed E-state index contributed by atoms with van der Waals surface area (Å²) in [6.07, 6.45) is 8.14. The molecular weight excluding hydrogens is 459 g/mol. The summed E-state index contributed by atoms with van der Waals surface area (Å²) in [5.41, 5.74) is 1.30. The maximum Gasteiger partial charge on any atom is 0.395 e. The Morgan fingerprint density at radius 2 is 1.97 bits per heavy atom. The Bertz CT molecular complexity index is 1150. The Labute approximate surface area is 191 Å². The first-order valence-electron chi connectivity index (χ1n) is 9.83. The Balaban J connectivity index is 1.81. The van der Waals surface area contributed by atoms with Gasteiger partial charge < -0.3 is 4.90 Å². The van der Waals surface area contributed by atoms with Crippen LogP contribution >= 0.6 is 23.2 Å². The van der Waals surface area contributed by atoms with Crippen LogP contribution in [0.5, 0.6) is 0 Å². The van der Waals surface area contributed by atoms with Crippen LogP contribution in [0, 0.1) is 5.92 Å². The number of sulfonamides is 1. The van der Waals surface area contributed by atoms with E-state index in [2.05, 4.69) is 16.5 Å². The van der Waals surface area contributed by atoms with Gasteiger partial charge >= 0.3 is 10.0 Å². The van der Waals surface area contributed by atoms with Crippen molar-refractivity contribution in [3.8, 4) is 0 Å². The van der Waals surface area contributed by atoms with Crippen LogP contribution in [0.2, 0.25) is 10.0 Å². The molecule has 162 valence electrons. The number of hydrogen-bond donors (Lipinski definition) is 0. The van der Waals surface area contributed by atoms with Gasteiger partial charge in [0.15, 0.2) is 5.71 Å². The average molecular weight is 480 g/mol. The van der Waals surface area contributed by atoms with Crippen molar-refractivity contribution in [3.63, 3.8) is 0 Å². The molecule has 0 spiro atoms. The highest BCUT2D eigenvalue weighted by molar-refractivity contribution is 7.85. The summed E-state index contributed by atoms with van der Waals surface area (Å²) in [4.78, 5) is 23.4. The van der Waals surface area contributed by atoms with Crippen LogP contribution in [0.4, 0.5) is 0 Å². The third kappa shape index (κ3) is 4.24. The second-order valence-electron chi connectivity index (χ2n) is 7.56. The van der Waals surface area contributed by atoms with Gasteiger partial charge in [-0.2, -0.15) is 8.42 Å². The molecule has 31 heavy (non-hydrogen) atoms. The van der Waals surface area contributed by atoms with Crippen LogP contribution in [0.1, 0.15) is 25.0 Å². The Morgan fingerprint density at radius 1 is 1.23 bits per heavy atom. The summed E-state index contributed by atoms with van der Waals surface area (Å²) in [6, 6.07) is 3.34. The second kappa shape index (κ2) is 8.68. The summed E-state index contributed by atoms with van der Waals surface area (Å²) in [7, 11) is -4.06. The lowest BCUT2D eigenvalue weighted by Crippen LogP contribution is -2.47. The molecule has 1 aromatic carbocycles. The van der Waals surface area contributed by atoms with Gasteiger partial charge in [0.2, 0.25) is 6.04 Å². The van der Waals surface area contributed by atoms with Crippen molar-refractivity contribution >= 4 is 44.8 Å². The molecule has 1 amide bonds. The van der Waals surface area contributed by atoms with E-state index < -0.39 is 16.1 Å². The zero-order valence-corrected chi connectivity index (χ0v) is 18.9. The number of benzene rings is 1. The minimum Gasteiger partial charge on any atom is -0.330 e. The minimum absolute atomic E-state index is 0.0348. The average Bonchev–Trinajstić information content (AvgIpc) is 2.81. The Morgan fingerprint density at radius 3 is 2.61 bits per heavy atom. The molecule has 2 aliphatic heterocycles. The standard InChI is InChI=1S/C21H21Cl2N4O3S/c1-2-14-12-26(13-17-11-24-6-7-25-17)21(28)20-5-3-4-19(14)27(20)31(29,30)18-9-15(22)8-16(23)10-18/h2,6-11,14,20H,1,3-5,12-13H2/q+1. The fourth-order valence-corrected chi connectivity index (χ4v) is 6.69. The topological polar surface area (TPSA) is 83.2 Å². The lowest BCUT2D eigenvalue weighted by molar-refractivity contribution is -0.410. The Kier molecular flexibility index (Phi) is 6.14. The largest absolute Gasteiger partial charge is 0.395 e. The summed E-state index contributed by atoms with van der Waals surface area (Å²) in [6.45, 7) is 4.48. The molecule has 1 aromatic heterocycles. The highest BCUT2D eigenvalue weighted by Gasteiger charge is 2.50. The molecule has 7 nitrogen and oxygen atoms in total. The fraction of sp³-hybridized carbons (Fsp3) is 0.333. The highest BCUT2D eigenvalue weighted by atomic mass is 35.5. The quantitative estimate of drug-likeness (QED) is 0.485. The SMILES string of the molecule is C=CC1CN(Cc2cnccn2)C(=O)C2CCCC1=[N+]2S(=O)(=O)c1cc(Cl)cc(Cl)c1.